The number of rotatable bonds is 6. The van der Waals surface area contributed by atoms with Gasteiger partial charge in [0.15, 0.2) is 0 Å². The second-order valence-corrected chi connectivity index (χ2v) is 14.8. The minimum atomic E-state index is -4.01. The molecule has 0 atom stereocenters. The summed E-state index contributed by atoms with van der Waals surface area (Å²) in [5, 5.41) is -0.890. The van der Waals surface area contributed by atoms with Crippen LogP contribution >= 0.6 is 0 Å². The third-order valence-electron chi connectivity index (χ3n) is 11.2. The Kier molecular flexibility index (Phi) is 3.43. The summed E-state index contributed by atoms with van der Waals surface area (Å²) in [6.45, 7) is -15.2. The van der Waals surface area contributed by atoms with Gasteiger partial charge >= 0.3 is 0 Å². The normalized spacial score (nSPS) is 23.1. The van der Waals surface area contributed by atoms with Crippen LogP contribution in [0.4, 0.5) is 17.1 Å². The van der Waals surface area contributed by atoms with E-state index in [0.29, 0.717) is 11.0 Å². The van der Waals surface area contributed by atoms with Gasteiger partial charge < -0.3 is 4.90 Å². The molecular weight excluding hydrogens is 759 g/mol. The van der Waals surface area contributed by atoms with Crippen LogP contribution in [0.2, 0.25) is 0 Å². The van der Waals surface area contributed by atoms with E-state index in [9.17, 15) is 17.8 Å². The second kappa shape index (κ2) is 14.0. The molecule has 0 unspecified atom stereocenters. The molecule has 0 bridgehead atoms. The zero-order valence-electron chi connectivity index (χ0n) is 69.2. The van der Waals surface area contributed by atoms with Crippen molar-refractivity contribution in [1.82, 2.24) is 0 Å². The lowest BCUT2D eigenvalue weighted by atomic mass is 9.81. The van der Waals surface area contributed by atoms with Gasteiger partial charge in [0, 0.05) is 44.3 Å². The highest BCUT2D eigenvalue weighted by Gasteiger charge is 2.37. The predicted molar refractivity (Wildman–Crippen MR) is 268 cm³/mol. The largest absolute Gasteiger partial charge is 0.310 e. The van der Waals surface area contributed by atoms with Crippen molar-refractivity contribution in [3.05, 3.63) is 234 Å². The van der Waals surface area contributed by atoms with Crippen LogP contribution in [0.3, 0.4) is 0 Å². The van der Waals surface area contributed by atoms with Crippen LogP contribution in [0, 0.1) is 0 Å². The van der Waals surface area contributed by atoms with Crippen molar-refractivity contribution in [2.75, 3.05) is 4.90 Å². The number of nitrogens with zero attached hydrogens (tertiary/aromatic N) is 1. The zero-order valence-corrected chi connectivity index (χ0v) is 32.2. The summed E-state index contributed by atoms with van der Waals surface area (Å²) < 4.78 is 341. The summed E-state index contributed by atoms with van der Waals surface area (Å²) in [5.41, 5.74) is -20.5. The summed E-state index contributed by atoms with van der Waals surface area (Å²) >= 11 is 0. The van der Waals surface area contributed by atoms with Crippen LogP contribution < -0.4 is 4.90 Å². The van der Waals surface area contributed by atoms with Gasteiger partial charge in [-0.25, -0.2) is 0 Å². The van der Waals surface area contributed by atoms with Crippen molar-refractivity contribution in [2.45, 2.75) is 38.2 Å². The molecule has 1 heteroatoms. The molecule has 12 rings (SSSR count). The minimum Gasteiger partial charge on any atom is -0.310 e. The molecular formula is C62H47N. The van der Waals surface area contributed by atoms with E-state index in [2.05, 4.69) is 0 Å². The smallest absolute Gasteiger partial charge is 0.0651 e. The van der Waals surface area contributed by atoms with Crippen molar-refractivity contribution >= 4 is 38.6 Å². The van der Waals surface area contributed by atoms with Gasteiger partial charge in [-0.2, -0.15) is 0 Å². The Morgan fingerprint density at radius 2 is 1.08 bits per heavy atom. The lowest BCUT2D eigenvalue weighted by Gasteiger charge is -2.29. The number of benzene rings is 10. The molecule has 0 spiro atoms. The van der Waals surface area contributed by atoms with Crippen LogP contribution in [0.25, 0.3) is 77.2 Å². The molecule has 0 radical (unpaired) electrons. The van der Waals surface area contributed by atoms with E-state index >= 15 is 0 Å². The maximum Gasteiger partial charge on any atom is 0.0651 e. The van der Waals surface area contributed by atoms with Gasteiger partial charge in [-0.3, -0.25) is 0 Å². The minimum absolute atomic E-state index is 0.0220. The van der Waals surface area contributed by atoms with E-state index in [1.807, 2.05) is 0 Å². The molecule has 0 saturated heterocycles. The maximum absolute atomic E-state index is 10.3. The van der Waals surface area contributed by atoms with Crippen molar-refractivity contribution in [1.29, 1.82) is 0 Å². The van der Waals surface area contributed by atoms with Crippen molar-refractivity contribution < 1.29 is 50.7 Å². The first-order valence-corrected chi connectivity index (χ1v) is 19.2. The third kappa shape index (κ3) is 5.84. The van der Waals surface area contributed by atoms with Crippen LogP contribution in [-0.4, -0.2) is 0 Å². The Bertz CT molecular complexity index is 5330. The fourth-order valence-electron chi connectivity index (χ4n) is 8.17. The van der Waals surface area contributed by atoms with Gasteiger partial charge in [0.1, 0.15) is 0 Å². The molecule has 0 fully saturated rings. The highest BCUT2D eigenvalue weighted by Crippen LogP contribution is 2.52. The van der Waals surface area contributed by atoms with E-state index < -0.39 is 278 Å². The fraction of sp³-hybridized carbons (Fsp3) is 0.0968. The van der Waals surface area contributed by atoms with Gasteiger partial charge in [0.2, 0.25) is 0 Å². The standard InChI is InChI=1S/C62H47N/c1-61(2)56-22-11-9-20-52(56)54-34-29-45(38-58(54)61)44-17-13-18-48(37-44)63(49-32-35-55-53-21-10-12-23-57(53)62(3,4)59(55)39-49)47-30-26-42(27-31-47)51-33-28-41-15-7-8-19-50(41)60(51)46-25-24-40-14-5-6-16-43(40)36-46/h5-39H,1-4H3/i1D3,2D3,3D3,4D3,5D,6D,7D,8D,9D,10D,12D,15D,18D,20D,21D,23D,24D,25D,26D,27D,28D,29D,30D,31D,33D,34D,35D,37D,39D. The van der Waals surface area contributed by atoms with E-state index in [1.165, 1.54) is 6.07 Å². The quantitative estimate of drug-likeness (QED) is 0.161. The number of anilines is 3. The molecule has 2 aliphatic rings. The molecule has 0 aromatic heterocycles. The van der Waals surface area contributed by atoms with Crippen molar-refractivity contribution in [3.8, 4) is 55.6 Å². The van der Waals surface area contributed by atoms with Crippen LogP contribution in [0.1, 0.15) is 100 Å². The van der Waals surface area contributed by atoms with Crippen LogP contribution in [0.15, 0.2) is 212 Å². The topological polar surface area (TPSA) is 3.24 Å². The first-order chi connectivity index (χ1) is 46.1. The summed E-state index contributed by atoms with van der Waals surface area (Å²) in [5.74, 6) is 0. The molecule has 1 nitrogen and oxygen atoms in total. The van der Waals surface area contributed by atoms with E-state index in [0.717, 1.165) is 48.5 Å². The molecule has 10 aromatic rings. The Balaban J connectivity index is 1.25. The lowest BCUT2D eigenvalue weighted by Crippen LogP contribution is -2.16. The Hall–Kier alpha value is -7.48. The molecule has 0 saturated carbocycles. The Labute approximate surface area is 422 Å². The average molecular weight is 843 g/mol. The summed E-state index contributed by atoms with van der Waals surface area (Å²) in [4.78, 5) is 0.427. The Morgan fingerprint density at radius 1 is 0.381 bits per heavy atom. The number of fused-ring (bicyclic) bond motifs is 8. The third-order valence-corrected chi connectivity index (χ3v) is 11.2. The van der Waals surface area contributed by atoms with Gasteiger partial charge in [-0.1, -0.05) is 191 Å². The molecule has 0 N–H and O–H groups in total. The lowest BCUT2D eigenvalue weighted by molar-refractivity contribution is 0.660. The second-order valence-electron chi connectivity index (χ2n) is 14.8. The summed E-state index contributed by atoms with van der Waals surface area (Å²) in [6.07, 6.45) is 0. The van der Waals surface area contributed by atoms with Crippen LogP contribution in [-0.2, 0) is 10.8 Å². The van der Waals surface area contributed by atoms with E-state index in [-0.39, 0.29) is 28.2 Å². The highest BCUT2D eigenvalue weighted by atomic mass is 15.1. The van der Waals surface area contributed by atoms with Gasteiger partial charge in [0.05, 0.1) is 34.3 Å². The highest BCUT2D eigenvalue weighted by molar-refractivity contribution is 6.06. The monoisotopic (exact) mass is 843 g/mol. The first-order valence-electron chi connectivity index (χ1n) is 37.7. The van der Waals surface area contributed by atoms with E-state index in [1.54, 1.807) is 0 Å². The van der Waals surface area contributed by atoms with Gasteiger partial charge in [-0.15, -0.1) is 0 Å². The van der Waals surface area contributed by atoms with Gasteiger partial charge in [0.25, 0.3) is 0 Å². The number of hydrogen-bond acceptors (Lipinski definition) is 1. The molecule has 63 heavy (non-hydrogen) atoms. The summed E-state index contributed by atoms with van der Waals surface area (Å²) in [7, 11) is 0. The zero-order chi connectivity index (χ0) is 74.2. The summed E-state index contributed by atoms with van der Waals surface area (Å²) in [6, 6.07) is -13.6. The maximum atomic E-state index is 10.3. The molecule has 10 aromatic carbocycles. The molecule has 2 aliphatic carbocycles. The Morgan fingerprint density at radius 3 is 1.97 bits per heavy atom. The van der Waals surface area contributed by atoms with E-state index in [4.69, 9.17) is 32.9 Å². The van der Waals surface area contributed by atoms with Crippen molar-refractivity contribution in [3.63, 3.8) is 0 Å². The van der Waals surface area contributed by atoms with Gasteiger partial charge in [-0.05, 0) is 148 Å². The SMILES string of the molecule is [2H]c1cc2cc(-c3c(-c4c([2H])c([2H])c(N(c5cc([2H])c6c(c5[2H])C(C([2H])([2H])[2H])(C([2H])([2H])[2H])c5c([2H])c([2H])c([2H])c([2H])c5-6)c5c([2H])ccc(-c6cc7c(c([2H])c6[2H])-c6c(ccc([2H])c6[2H])C7(C([2H])([2H])[2H])C([2H])([2H])[2H])c5[2H])c([2H])c4[2H])c([2H])c([2H])c4c([2H])c([2H])c([2H])cc34)c([2H])c([2H])c2cc1[2H]. The average Bonchev–Trinajstić information content (AvgIpc) is 1.50. The fourth-order valence-corrected chi connectivity index (χ4v) is 8.17. The van der Waals surface area contributed by atoms with Crippen LogP contribution in [0.5, 0.6) is 0 Å². The number of hydrogen-bond donors (Lipinski definition) is 0. The van der Waals surface area contributed by atoms with Crippen molar-refractivity contribution in [2.24, 2.45) is 0 Å². The predicted octanol–water partition coefficient (Wildman–Crippen LogP) is 17.1. The molecule has 0 aliphatic heterocycles. The molecule has 0 heterocycles. The molecule has 300 valence electrons. The first kappa shape index (κ1) is 15.4. The molecule has 0 amide bonds.